The lowest BCUT2D eigenvalue weighted by Gasteiger charge is -2.22. The molecule has 3 aromatic carbocycles. The zero-order valence-corrected chi connectivity index (χ0v) is 25.6. The number of rotatable bonds is 15. The van der Waals surface area contributed by atoms with Crippen LogP contribution < -0.4 is 22.1 Å². The molecule has 0 saturated heterocycles. The fraction of sp³-hybridized carbons (Fsp3) is 0.206. The normalized spacial score (nSPS) is 12.7. The van der Waals surface area contributed by atoms with E-state index in [1.54, 1.807) is 36.4 Å². The maximum atomic E-state index is 13.2. The first-order chi connectivity index (χ1) is 22.1. The number of nitrogens with one attached hydrogen (secondary N) is 2. The first kappa shape index (κ1) is 33.6. The molecule has 0 aliphatic carbocycles. The number of primary amides is 2. The Balaban J connectivity index is 1.37. The molecule has 12 heteroatoms. The van der Waals surface area contributed by atoms with Gasteiger partial charge in [-0.15, -0.1) is 11.3 Å². The molecule has 0 radical (unpaired) electrons. The van der Waals surface area contributed by atoms with Crippen molar-refractivity contribution in [1.82, 2.24) is 10.6 Å². The van der Waals surface area contributed by atoms with Gasteiger partial charge in [-0.3, -0.25) is 19.2 Å². The van der Waals surface area contributed by atoms with Crippen LogP contribution in [0.2, 0.25) is 0 Å². The predicted octanol–water partition coefficient (Wildman–Crippen LogP) is 2.25. The molecule has 0 saturated carbocycles. The quantitative estimate of drug-likeness (QED) is 0.123. The van der Waals surface area contributed by atoms with Gasteiger partial charge in [0.25, 0.3) is 0 Å². The number of thiophene rings is 1. The van der Waals surface area contributed by atoms with E-state index in [1.165, 1.54) is 11.3 Å². The summed E-state index contributed by atoms with van der Waals surface area (Å²) in [6.07, 6.45) is -2.11. The van der Waals surface area contributed by atoms with Crippen LogP contribution in [0, 0.1) is 0 Å². The molecule has 0 fully saturated rings. The van der Waals surface area contributed by atoms with E-state index in [4.69, 9.17) is 16.2 Å². The second-order valence-corrected chi connectivity index (χ2v) is 11.6. The monoisotopic (exact) mass is 642 g/mol. The average molecular weight is 643 g/mol. The maximum Gasteiger partial charge on any atom is 0.338 e. The fourth-order valence-electron chi connectivity index (χ4n) is 4.54. The molecule has 46 heavy (non-hydrogen) atoms. The van der Waals surface area contributed by atoms with Crippen molar-refractivity contribution in [3.8, 4) is 11.1 Å². The third kappa shape index (κ3) is 9.84. The first-order valence-electron chi connectivity index (χ1n) is 14.4. The molecule has 0 aliphatic heterocycles. The van der Waals surface area contributed by atoms with Crippen LogP contribution in [0.3, 0.4) is 0 Å². The molecular formula is C34H34N4O7S. The number of carbonyl (C=O) groups is 5. The van der Waals surface area contributed by atoms with Gasteiger partial charge in [-0.1, -0.05) is 72.8 Å². The lowest BCUT2D eigenvalue weighted by molar-refractivity contribution is -0.134. The summed E-state index contributed by atoms with van der Waals surface area (Å²) in [5.74, 6) is -3.67. The summed E-state index contributed by atoms with van der Waals surface area (Å²) in [4.78, 5) is 62.4. The molecule has 0 bridgehead atoms. The Labute approximate surface area is 269 Å². The summed E-state index contributed by atoms with van der Waals surface area (Å²) in [6, 6.07) is 25.1. The Morgan fingerprint density at radius 1 is 0.717 bits per heavy atom. The van der Waals surface area contributed by atoms with Gasteiger partial charge < -0.3 is 31.9 Å². The Hall–Kier alpha value is -5.33. The van der Waals surface area contributed by atoms with E-state index in [0.717, 1.165) is 27.1 Å². The van der Waals surface area contributed by atoms with Gasteiger partial charge in [0.1, 0.15) is 24.8 Å². The predicted molar refractivity (Wildman–Crippen MR) is 172 cm³/mol. The van der Waals surface area contributed by atoms with Crippen molar-refractivity contribution in [2.24, 2.45) is 11.5 Å². The zero-order chi connectivity index (χ0) is 33.1. The number of amides is 4. The van der Waals surface area contributed by atoms with Crippen molar-refractivity contribution in [3.63, 3.8) is 0 Å². The Kier molecular flexibility index (Phi) is 11.8. The molecular weight excluding hydrogens is 608 g/mol. The van der Waals surface area contributed by atoms with Crippen LogP contribution in [-0.4, -0.2) is 52.9 Å². The second-order valence-electron chi connectivity index (χ2n) is 10.5. The smallest absolute Gasteiger partial charge is 0.338 e. The molecule has 238 valence electrons. The summed E-state index contributed by atoms with van der Waals surface area (Å²) < 4.78 is 5.39. The van der Waals surface area contributed by atoms with Gasteiger partial charge in [0.05, 0.1) is 12.0 Å². The van der Waals surface area contributed by atoms with Gasteiger partial charge in [0.2, 0.25) is 23.6 Å². The van der Waals surface area contributed by atoms with Gasteiger partial charge in [0.15, 0.2) is 0 Å². The van der Waals surface area contributed by atoms with Crippen LogP contribution in [0.1, 0.15) is 32.8 Å². The molecule has 3 atom stereocenters. The molecule has 1 heterocycles. The first-order valence-corrected chi connectivity index (χ1v) is 15.3. The number of aliphatic hydroxyl groups is 1. The molecule has 0 unspecified atom stereocenters. The minimum atomic E-state index is -1.70. The largest absolute Gasteiger partial charge is 0.457 e. The molecule has 4 aromatic rings. The topological polar surface area (TPSA) is 191 Å². The van der Waals surface area contributed by atoms with Gasteiger partial charge in [-0.25, -0.2) is 4.79 Å². The van der Waals surface area contributed by atoms with Crippen LogP contribution >= 0.6 is 11.3 Å². The van der Waals surface area contributed by atoms with E-state index in [0.29, 0.717) is 5.56 Å². The fourth-order valence-corrected chi connectivity index (χ4v) is 5.29. The van der Waals surface area contributed by atoms with Gasteiger partial charge in [-0.2, -0.15) is 0 Å². The number of nitrogens with two attached hydrogens (primary N) is 2. The van der Waals surface area contributed by atoms with Crippen molar-refractivity contribution in [3.05, 3.63) is 118 Å². The SMILES string of the molecule is NC(=O)[C@H](O)CC(=O)N[C@H](Cc1cccs1)C(=O)N[C@@H](Cc1ccc(-c2ccc(C(=O)OCc3ccccc3)cc2)cc1)C(N)=O. The minimum absolute atomic E-state index is 0.0909. The van der Waals surface area contributed by atoms with Crippen LogP contribution in [0.25, 0.3) is 11.1 Å². The van der Waals surface area contributed by atoms with E-state index in [1.807, 2.05) is 60.0 Å². The Morgan fingerprint density at radius 2 is 1.37 bits per heavy atom. The van der Waals surface area contributed by atoms with E-state index in [2.05, 4.69) is 10.6 Å². The van der Waals surface area contributed by atoms with Gasteiger partial charge in [-0.05, 0) is 45.8 Å². The number of carbonyl (C=O) groups excluding carboxylic acids is 5. The van der Waals surface area contributed by atoms with Crippen LogP contribution in [-0.2, 0) is 43.4 Å². The molecule has 7 N–H and O–H groups in total. The minimum Gasteiger partial charge on any atom is -0.457 e. The molecule has 1 aromatic heterocycles. The lowest BCUT2D eigenvalue weighted by atomic mass is 9.99. The molecule has 11 nitrogen and oxygen atoms in total. The van der Waals surface area contributed by atoms with Crippen molar-refractivity contribution in [1.29, 1.82) is 0 Å². The third-order valence-corrected chi connectivity index (χ3v) is 7.96. The van der Waals surface area contributed by atoms with Crippen LogP contribution in [0.15, 0.2) is 96.4 Å². The summed E-state index contributed by atoms with van der Waals surface area (Å²) in [5.41, 5.74) is 14.4. The summed E-state index contributed by atoms with van der Waals surface area (Å²) in [7, 11) is 0. The summed E-state index contributed by atoms with van der Waals surface area (Å²) >= 11 is 1.38. The maximum absolute atomic E-state index is 13.2. The average Bonchev–Trinajstić information content (AvgIpc) is 3.57. The highest BCUT2D eigenvalue weighted by Gasteiger charge is 2.28. The zero-order valence-electron chi connectivity index (χ0n) is 24.8. The van der Waals surface area contributed by atoms with E-state index < -0.39 is 54.2 Å². The van der Waals surface area contributed by atoms with Crippen molar-refractivity contribution in [2.45, 2.75) is 44.1 Å². The Morgan fingerprint density at radius 3 is 1.96 bits per heavy atom. The number of hydrogen-bond acceptors (Lipinski definition) is 8. The number of aliphatic hydroxyl groups excluding tert-OH is 1. The summed E-state index contributed by atoms with van der Waals surface area (Å²) in [5, 5.41) is 16.6. The Bertz CT molecular complexity index is 1640. The molecule has 4 amide bonds. The molecule has 4 rings (SSSR count). The standard InChI is InChI=1S/C34H34N4O7S/c35-31(41)27(38-33(43)28(18-26-7-4-16-46-26)37-30(40)19-29(39)32(36)42)17-21-8-10-23(11-9-21)24-12-14-25(15-13-24)34(44)45-20-22-5-2-1-3-6-22/h1-16,27-29,39H,17-20H2,(H2,35,41)(H2,36,42)(H,37,40)(H,38,43)/t27-,28+,29+/m0/s1. The van der Waals surface area contributed by atoms with E-state index >= 15 is 0 Å². The number of hydrogen-bond donors (Lipinski definition) is 5. The number of ether oxygens (including phenoxy) is 1. The van der Waals surface area contributed by atoms with Crippen molar-refractivity contribution >= 4 is 40.9 Å². The van der Waals surface area contributed by atoms with Crippen molar-refractivity contribution in [2.75, 3.05) is 0 Å². The lowest BCUT2D eigenvalue weighted by Crippen LogP contribution is -2.54. The highest BCUT2D eigenvalue weighted by molar-refractivity contribution is 7.09. The van der Waals surface area contributed by atoms with Crippen LogP contribution in [0.5, 0.6) is 0 Å². The van der Waals surface area contributed by atoms with Crippen LogP contribution in [0.4, 0.5) is 0 Å². The number of benzene rings is 3. The second kappa shape index (κ2) is 16.1. The number of esters is 1. The highest BCUT2D eigenvalue weighted by atomic mass is 32.1. The summed E-state index contributed by atoms with van der Waals surface area (Å²) in [6.45, 7) is 0.181. The molecule has 0 aliphatic rings. The van der Waals surface area contributed by atoms with Crippen molar-refractivity contribution < 1.29 is 33.8 Å². The highest BCUT2D eigenvalue weighted by Crippen LogP contribution is 2.22. The van der Waals surface area contributed by atoms with Gasteiger partial charge in [0, 0.05) is 17.7 Å². The van der Waals surface area contributed by atoms with Gasteiger partial charge >= 0.3 is 5.97 Å². The van der Waals surface area contributed by atoms with E-state index in [-0.39, 0.29) is 19.4 Å². The third-order valence-electron chi connectivity index (χ3n) is 7.06. The molecule has 0 spiro atoms. The van der Waals surface area contributed by atoms with E-state index in [9.17, 15) is 29.1 Å².